The highest BCUT2D eigenvalue weighted by Gasteiger charge is 2.28. The van der Waals surface area contributed by atoms with Crippen LogP contribution in [0, 0.1) is 0 Å². The number of aromatic nitrogens is 1. The van der Waals surface area contributed by atoms with Crippen molar-refractivity contribution >= 4 is 29.1 Å². The third-order valence-corrected chi connectivity index (χ3v) is 6.56. The molecule has 0 unspecified atom stereocenters. The number of halogens is 2. The first kappa shape index (κ1) is 20.7. The third-order valence-electron chi connectivity index (χ3n) is 5.82. The second-order valence-electron chi connectivity index (χ2n) is 7.96. The molecule has 0 bridgehead atoms. The van der Waals surface area contributed by atoms with Crippen molar-refractivity contribution in [3.63, 3.8) is 0 Å². The Bertz CT molecular complexity index is 865. The summed E-state index contributed by atoms with van der Waals surface area (Å²) in [5.74, 6) is 0.379. The first-order valence-corrected chi connectivity index (χ1v) is 10.9. The summed E-state index contributed by atoms with van der Waals surface area (Å²) in [5.41, 5.74) is 2.00. The van der Waals surface area contributed by atoms with E-state index in [1.165, 1.54) is 0 Å². The zero-order chi connectivity index (χ0) is 20.4. The molecule has 1 amide bonds. The van der Waals surface area contributed by atoms with Crippen molar-refractivity contribution in [1.29, 1.82) is 0 Å². The first-order valence-electron chi connectivity index (χ1n) is 10.1. The Balaban J connectivity index is 1.32. The number of benzene rings is 1. The number of hydrogen-bond donors (Lipinski definition) is 1. The average molecular weight is 438 g/mol. The van der Waals surface area contributed by atoms with E-state index in [-0.39, 0.29) is 17.6 Å². The minimum absolute atomic E-state index is 0.181. The Morgan fingerprint density at radius 2 is 1.93 bits per heavy atom. The van der Waals surface area contributed by atoms with Gasteiger partial charge in [-0.3, -0.25) is 9.69 Å². The molecule has 0 radical (unpaired) electrons. The van der Waals surface area contributed by atoms with Crippen molar-refractivity contribution < 1.29 is 14.4 Å². The van der Waals surface area contributed by atoms with E-state index in [2.05, 4.69) is 10.1 Å². The van der Waals surface area contributed by atoms with Gasteiger partial charge in [-0.25, -0.2) is 0 Å². The van der Waals surface area contributed by atoms with E-state index in [1.54, 1.807) is 11.0 Å². The molecule has 8 heteroatoms. The van der Waals surface area contributed by atoms with Gasteiger partial charge in [0.1, 0.15) is 0 Å². The fourth-order valence-electron chi connectivity index (χ4n) is 4.16. The van der Waals surface area contributed by atoms with E-state index < -0.39 is 6.10 Å². The number of aliphatic hydroxyl groups is 1. The number of β-amino-alcohol motifs (C(OH)–C–C–N with tert-alkyl or cyclic N) is 1. The van der Waals surface area contributed by atoms with Crippen molar-refractivity contribution in [2.24, 2.45) is 0 Å². The molecule has 0 aliphatic carbocycles. The van der Waals surface area contributed by atoms with Crippen LogP contribution in [0.3, 0.4) is 0 Å². The molecule has 2 aromatic rings. The summed E-state index contributed by atoms with van der Waals surface area (Å²) in [6.07, 6.45) is 3.03. The summed E-state index contributed by atoms with van der Waals surface area (Å²) in [6, 6.07) is 7.54. The number of carbonyl (C=O) groups is 1. The lowest BCUT2D eigenvalue weighted by Gasteiger charge is -2.31. The lowest BCUT2D eigenvalue weighted by molar-refractivity contribution is 0.0441. The largest absolute Gasteiger partial charge is 0.391 e. The van der Waals surface area contributed by atoms with Gasteiger partial charge in [0.25, 0.3) is 5.91 Å². The second kappa shape index (κ2) is 9.04. The van der Waals surface area contributed by atoms with E-state index in [4.69, 9.17) is 27.7 Å². The fraction of sp³-hybridized carbons (Fsp3) is 0.524. The van der Waals surface area contributed by atoms with Crippen LogP contribution in [-0.2, 0) is 6.54 Å². The number of likely N-dealkylation sites (tertiary alicyclic amines) is 2. The van der Waals surface area contributed by atoms with Gasteiger partial charge in [0.05, 0.1) is 21.8 Å². The van der Waals surface area contributed by atoms with Crippen LogP contribution in [0.4, 0.5) is 0 Å². The Hall–Kier alpha value is -1.60. The zero-order valence-electron chi connectivity index (χ0n) is 16.2. The molecule has 2 aliphatic heterocycles. The van der Waals surface area contributed by atoms with Gasteiger partial charge in [0, 0.05) is 31.6 Å². The normalized spacial score (nSPS) is 21.5. The Morgan fingerprint density at radius 3 is 2.66 bits per heavy atom. The highest BCUT2D eigenvalue weighted by Crippen LogP contribution is 2.30. The predicted molar refractivity (Wildman–Crippen MR) is 111 cm³/mol. The van der Waals surface area contributed by atoms with Crippen LogP contribution in [0.2, 0.25) is 10.0 Å². The molecule has 2 saturated heterocycles. The van der Waals surface area contributed by atoms with Crippen molar-refractivity contribution in [2.45, 2.75) is 44.2 Å². The van der Waals surface area contributed by atoms with E-state index in [0.717, 1.165) is 56.6 Å². The molecule has 2 fully saturated rings. The highest BCUT2D eigenvalue weighted by atomic mass is 35.5. The van der Waals surface area contributed by atoms with Gasteiger partial charge in [-0.2, -0.15) is 0 Å². The Kier molecular flexibility index (Phi) is 6.44. The molecule has 156 valence electrons. The summed E-state index contributed by atoms with van der Waals surface area (Å²) < 4.78 is 5.35. The summed E-state index contributed by atoms with van der Waals surface area (Å²) >= 11 is 12.1. The van der Waals surface area contributed by atoms with Crippen LogP contribution in [0.25, 0.3) is 0 Å². The summed E-state index contributed by atoms with van der Waals surface area (Å²) in [4.78, 5) is 16.6. The number of carbonyl (C=O) groups excluding carboxylic acids is 1. The number of amides is 1. The third kappa shape index (κ3) is 4.94. The van der Waals surface area contributed by atoms with E-state index in [9.17, 15) is 9.90 Å². The van der Waals surface area contributed by atoms with Crippen molar-refractivity contribution in [1.82, 2.24) is 15.0 Å². The van der Waals surface area contributed by atoms with Crippen LogP contribution in [0.15, 0.2) is 28.8 Å². The monoisotopic (exact) mass is 437 g/mol. The van der Waals surface area contributed by atoms with Gasteiger partial charge in [0.2, 0.25) is 5.76 Å². The predicted octanol–water partition coefficient (Wildman–Crippen LogP) is 3.96. The molecule has 29 heavy (non-hydrogen) atoms. The van der Waals surface area contributed by atoms with Gasteiger partial charge in [-0.15, -0.1) is 0 Å². The lowest BCUT2D eigenvalue weighted by atomic mass is 9.93. The quantitative estimate of drug-likeness (QED) is 0.783. The minimum Gasteiger partial charge on any atom is -0.391 e. The molecule has 1 atom stereocenters. The molecular formula is C21H25Cl2N3O3. The SMILES string of the molecule is O=C(c1cc(C2CCN(Cc3ccc(Cl)c(Cl)c3)CC2)no1)N1CCC[C@@H](O)C1. The summed E-state index contributed by atoms with van der Waals surface area (Å²) in [7, 11) is 0. The van der Waals surface area contributed by atoms with Crippen LogP contribution >= 0.6 is 23.2 Å². The van der Waals surface area contributed by atoms with Gasteiger partial charge < -0.3 is 14.5 Å². The molecule has 4 rings (SSSR count). The number of hydrogen-bond acceptors (Lipinski definition) is 5. The van der Waals surface area contributed by atoms with Crippen molar-refractivity contribution in [3.05, 3.63) is 51.3 Å². The Labute approximate surface area is 180 Å². The first-order chi connectivity index (χ1) is 14.0. The lowest BCUT2D eigenvalue weighted by Crippen LogP contribution is -2.42. The maximum atomic E-state index is 12.6. The minimum atomic E-state index is -0.449. The van der Waals surface area contributed by atoms with Crippen LogP contribution in [0.1, 0.15) is 53.4 Å². The Morgan fingerprint density at radius 1 is 1.14 bits per heavy atom. The molecule has 2 aliphatic rings. The highest BCUT2D eigenvalue weighted by molar-refractivity contribution is 6.42. The number of rotatable bonds is 4. The standard InChI is InChI=1S/C21H25Cl2N3O3/c22-17-4-3-14(10-18(17)23)12-25-8-5-15(6-9-25)19-11-20(29-24-19)21(28)26-7-1-2-16(27)13-26/h3-4,10-11,15-16,27H,1-2,5-9,12-13H2/t16-/m1/s1. The molecule has 1 N–H and O–H groups in total. The topological polar surface area (TPSA) is 69.8 Å². The molecule has 0 spiro atoms. The molecule has 6 nitrogen and oxygen atoms in total. The summed E-state index contributed by atoms with van der Waals surface area (Å²) in [6.45, 7) is 3.74. The van der Waals surface area contributed by atoms with Crippen molar-refractivity contribution in [3.8, 4) is 0 Å². The maximum Gasteiger partial charge on any atom is 0.292 e. The average Bonchev–Trinajstić information content (AvgIpc) is 3.21. The van der Waals surface area contributed by atoms with Crippen molar-refractivity contribution in [2.75, 3.05) is 26.2 Å². The van der Waals surface area contributed by atoms with E-state index in [1.807, 2.05) is 18.2 Å². The van der Waals surface area contributed by atoms with Gasteiger partial charge in [-0.1, -0.05) is 34.4 Å². The molecule has 3 heterocycles. The maximum absolute atomic E-state index is 12.6. The molecule has 1 aromatic heterocycles. The second-order valence-corrected chi connectivity index (χ2v) is 8.78. The van der Waals surface area contributed by atoms with Crippen LogP contribution in [0.5, 0.6) is 0 Å². The number of nitrogens with zero attached hydrogens (tertiary/aromatic N) is 3. The molecule has 0 saturated carbocycles. The number of piperidine rings is 2. The van der Waals surface area contributed by atoms with Crippen LogP contribution in [-0.4, -0.2) is 58.3 Å². The zero-order valence-corrected chi connectivity index (χ0v) is 17.7. The van der Waals surface area contributed by atoms with Crippen LogP contribution < -0.4 is 0 Å². The molecule has 1 aromatic carbocycles. The number of aliphatic hydroxyl groups excluding tert-OH is 1. The fourth-order valence-corrected chi connectivity index (χ4v) is 4.48. The smallest absolute Gasteiger partial charge is 0.292 e. The van der Waals surface area contributed by atoms with Gasteiger partial charge in [0.15, 0.2) is 0 Å². The van der Waals surface area contributed by atoms with Gasteiger partial charge in [-0.05, 0) is 56.5 Å². The van der Waals surface area contributed by atoms with E-state index >= 15 is 0 Å². The van der Waals surface area contributed by atoms with Gasteiger partial charge >= 0.3 is 0 Å². The summed E-state index contributed by atoms with van der Waals surface area (Å²) in [5, 5.41) is 15.1. The van der Waals surface area contributed by atoms with E-state index in [0.29, 0.717) is 23.1 Å². The molecular weight excluding hydrogens is 413 g/mol.